The molecule has 0 aliphatic heterocycles. The van der Waals surface area contributed by atoms with Crippen LogP contribution in [0.5, 0.6) is 0 Å². The van der Waals surface area contributed by atoms with Gasteiger partial charge in [-0.2, -0.15) is 0 Å². The van der Waals surface area contributed by atoms with Crippen molar-refractivity contribution in [1.29, 1.82) is 0 Å². The number of carbonyl (C=O) groups is 2. The van der Waals surface area contributed by atoms with Gasteiger partial charge in [0.2, 0.25) is 0 Å². The van der Waals surface area contributed by atoms with Crippen LogP contribution in [0.4, 0.5) is 0 Å². The highest BCUT2D eigenvalue weighted by Crippen LogP contribution is 2.43. The molecule has 0 saturated heterocycles. The smallest absolute Gasteiger partial charge is 0.462 e. The normalized spacial score (nSPS) is 14.1. The van der Waals surface area contributed by atoms with E-state index in [0.717, 1.165) is 89.9 Å². The number of carbonyl (C=O) groups excluding carboxylic acids is 2. The zero-order chi connectivity index (χ0) is 40.5. The molecular weight excluding hydrogens is 713 g/mol. The van der Waals surface area contributed by atoms with E-state index in [1.165, 1.54) is 32.1 Å². The van der Waals surface area contributed by atoms with Crippen molar-refractivity contribution in [2.24, 2.45) is 0 Å². The minimum Gasteiger partial charge on any atom is -0.462 e. The molecule has 0 aromatic heterocycles. The molecule has 0 amide bonds. The number of phosphoric acid groups is 1. The first-order chi connectivity index (χ1) is 26.7. The number of ether oxygens (including phenoxy) is 2. The maximum absolute atomic E-state index is 12.6. The molecule has 0 bridgehead atoms. The van der Waals surface area contributed by atoms with Crippen LogP contribution in [-0.2, 0) is 32.7 Å². The number of likely N-dealkylation sites (N-methyl/N-ethyl adjacent to an activating group) is 1. The lowest BCUT2D eigenvalue weighted by Crippen LogP contribution is -2.29. The van der Waals surface area contributed by atoms with Gasteiger partial charge in [0.15, 0.2) is 6.10 Å². The third kappa shape index (κ3) is 40.9. The van der Waals surface area contributed by atoms with Gasteiger partial charge in [-0.15, -0.1) is 0 Å². The molecule has 1 N–H and O–H groups in total. The summed E-state index contributed by atoms with van der Waals surface area (Å²) in [6, 6.07) is 0. The van der Waals surface area contributed by atoms with Crippen molar-refractivity contribution in [2.75, 3.05) is 40.5 Å². The van der Waals surface area contributed by atoms with Crippen LogP contribution in [0.25, 0.3) is 0 Å². The Hall–Kier alpha value is -2.55. The van der Waals surface area contributed by atoms with Crippen molar-refractivity contribution in [3.8, 4) is 0 Å². The molecule has 0 fully saturated rings. The fourth-order valence-corrected chi connectivity index (χ4v) is 5.98. The summed E-state index contributed by atoms with van der Waals surface area (Å²) in [7, 11) is -0.742. The van der Waals surface area contributed by atoms with Gasteiger partial charge in [-0.3, -0.25) is 18.6 Å². The van der Waals surface area contributed by atoms with Crippen molar-refractivity contribution in [3.63, 3.8) is 0 Å². The maximum Gasteiger partial charge on any atom is 0.472 e. The molecule has 0 radical (unpaired) electrons. The van der Waals surface area contributed by atoms with Crippen molar-refractivity contribution in [2.45, 2.75) is 161 Å². The highest BCUT2D eigenvalue weighted by atomic mass is 31.2. The highest BCUT2D eigenvalue weighted by Gasteiger charge is 2.26. The van der Waals surface area contributed by atoms with Crippen LogP contribution in [0, 0.1) is 0 Å². The Bertz CT molecular complexity index is 1140. The summed E-state index contributed by atoms with van der Waals surface area (Å²) in [6.07, 6.45) is 46.6. The monoisotopic (exact) mass is 792 g/mol. The number of nitrogens with zero attached hydrogens (tertiary/aromatic N) is 1. The molecule has 0 rings (SSSR count). The second-order valence-corrected chi connectivity index (χ2v) is 15.6. The Morgan fingerprint density at radius 1 is 0.582 bits per heavy atom. The Labute approximate surface area is 336 Å². The number of unbranched alkanes of at least 4 members (excludes halogenated alkanes) is 12. The molecular formula is C45H78NO8P. The van der Waals surface area contributed by atoms with Crippen LogP contribution in [0.1, 0.15) is 155 Å². The fourth-order valence-electron chi connectivity index (χ4n) is 5.24. The van der Waals surface area contributed by atoms with Crippen molar-refractivity contribution < 1.29 is 37.6 Å². The van der Waals surface area contributed by atoms with Crippen LogP contribution in [0.3, 0.4) is 0 Å². The van der Waals surface area contributed by atoms with Gasteiger partial charge in [-0.1, -0.05) is 132 Å². The van der Waals surface area contributed by atoms with E-state index >= 15 is 0 Å². The minimum absolute atomic E-state index is 0.00430. The largest absolute Gasteiger partial charge is 0.472 e. The van der Waals surface area contributed by atoms with Gasteiger partial charge >= 0.3 is 19.8 Å². The van der Waals surface area contributed by atoms with Crippen LogP contribution >= 0.6 is 7.82 Å². The summed E-state index contributed by atoms with van der Waals surface area (Å²) in [5.41, 5.74) is 0. The Kier molecular flexibility index (Phi) is 37.8. The number of esters is 2. The summed E-state index contributed by atoms with van der Waals surface area (Å²) < 4.78 is 33.4. The van der Waals surface area contributed by atoms with Crippen LogP contribution < -0.4 is 0 Å². The summed E-state index contributed by atoms with van der Waals surface area (Å²) in [4.78, 5) is 37.0. The number of allylic oxidation sites excluding steroid dienone is 12. The van der Waals surface area contributed by atoms with Gasteiger partial charge < -0.3 is 19.3 Å². The topological polar surface area (TPSA) is 112 Å². The average Bonchev–Trinajstić information content (AvgIpc) is 3.15. The summed E-state index contributed by atoms with van der Waals surface area (Å²) >= 11 is 0. The molecule has 316 valence electrons. The van der Waals surface area contributed by atoms with Gasteiger partial charge in [0, 0.05) is 19.4 Å². The molecule has 0 aromatic rings. The van der Waals surface area contributed by atoms with Crippen molar-refractivity contribution in [3.05, 3.63) is 72.9 Å². The van der Waals surface area contributed by atoms with Gasteiger partial charge in [0.05, 0.1) is 13.2 Å². The molecule has 0 heterocycles. The zero-order valence-corrected chi connectivity index (χ0v) is 36.0. The van der Waals surface area contributed by atoms with E-state index in [1.54, 1.807) is 0 Å². The molecule has 0 saturated carbocycles. The third-order valence-electron chi connectivity index (χ3n) is 8.50. The molecule has 0 aromatic carbocycles. The lowest BCUT2D eigenvalue weighted by molar-refractivity contribution is -0.161. The predicted molar refractivity (Wildman–Crippen MR) is 229 cm³/mol. The standard InChI is InChI=1S/C45H78NO8P/c1-5-7-9-11-13-15-17-19-20-21-22-23-24-26-28-30-32-34-36-38-45(48)54-43(42-53-55(49,50)52-40-39-46(3)4)41-51-44(47)37-35-33-31-29-27-25-18-16-14-12-10-8-6-2/h7,9,13,15-16,18-20,22-23,26,28,43H,5-6,8,10-12,14,17,21,24-25,27,29-42H2,1-4H3,(H,49,50)/b9-7-,15-13-,18-16-,20-19-,23-22-,28-26-. The minimum atomic E-state index is -4.38. The number of rotatable bonds is 38. The number of phosphoric ester groups is 1. The van der Waals surface area contributed by atoms with Crippen LogP contribution in [0.2, 0.25) is 0 Å². The van der Waals surface area contributed by atoms with Crippen molar-refractivity contribution >= 4 is 19.8 Å². The predicted octanol–water partition coefficient (Wildman–Crippen LogP) is 12.1. The molecule has 0 spiro atoms. The number of hydrogen-bond acceptors (Lipinski definition) is 8. The molecule has 10 heteroatoms. The van der Waals surface area contributed by atoms with Gasteiger partial charge in [0.1, 0.15) is 6.61 Å². The first-order valence-corrected chi connectivity index (χ1v) is 22.7. The fraction of sp³-hybridized carbons (Fsp3) is 0.689. The second-order valence-electron chi connectivity index (χ2n) is 14.1. The Morgan fingerprint density at radius 3 is 1.58 bits per heavy atom. The third-order valence-corrected chi connectivity index (χ3v) is 9.48. The van der Waals surface area contributed by atoms with Gasteiger partial charge in [-0.25, -0.2) is 4.57 Å². The zero-order valence-electron chi connectivity index (χ0n) is 35.1. The summed E-state index contributed by atoms with van der Waals surface area (Å²) in [5, 5.41) is 0. The van der Waals surface area contributed by atoms with Crippen LogP contribution in [-0.4, -0.2) is 68.3 Å². The van der Waals surface area contributed by atoms with E-state index < -0.39 is 32.5 Å². The highest BCUT2D eigenvalue weighted by molar-refractivity contribution is 7.47. The molecule has 55 heavy (non-hydrogen) atoms. The Balaban J connectivity index is 4.40. The maximum atomic E-state index is 12.6. The molecule has 0 aliphatic rings. The molecule has 9 nitrogen and oxygen atoms in total. The van der Waals surface area contributed by atoms with Crippen LogP contribution in [0.15, 0.2) is 72.9 Å². The average molecular weight is 792 g/mol. The summed E-state index contributed by atoms with van der Waals surface area (Å²) in [5.74, 6) is -0.858. The molecule has 2 atom stereocenters. The second kappa shape index (κ2) is 39.7. The van der Waals surface area contributed by atoms with E-state index in [4.69, 9.17) is 18.5 Å². The number of hydrogen-bond donors (Lipinski definition) is 1. The van der Waals surface area contributed by atoms with E-state index in [1.807, 2.05) is 19.0 Å². The molecule has 0 aliphatic carbocycles. The van der Waals surface area contributed by atoms with E-state index in [2.05, 4.69) is 86.8 Å². The van der Waals surface area contributed by atoms with E-state index in [9.17, 15) is 19.0 Å². The first kappa shape index (κ1) is 52.5. The lowest BCUT2D eigenvalue weighted by atomic mass is 10.1. The quantitative estimate of drug-likeness (QED) is 0.0283. The van der Waals surface area contributed by atoms with E-state index in [-0.39, 0.29) is 26.1 Å². The van der Waals surface area contributed by atoms with E-state index in [0.29, 0.717) is 13.0 Å². The SMILES string of the molecule is CC/C=C\C/C=C\C/C=C\C/C=C\C/C=C\CCCCCC(=O)OC(COC(=O)CCCCCCC/C=C\CCCCCC)COP(=O)(O)OCCN(C)C. The lowest BCUT2D eigenvalue weighted by Gasteiger charge is -2.20. The van der Waals surface area contributed by atoms with Gasteiger partial charge in [-0.05, 0) is 97.6 Å². The van der Waals surface area contributed by atoms with Crippen molar-refractivity contribution in [1.82, 2.24) is 4.90 Å². The summed E-state index contributed by atoms with van der Waals surface area (Å²) in [6.45, 7) is 4.12. The Morgan fingerprint density at radius 2 is 1.04 bits per heavy atom. The molecule has 2 unspecified atom stereocenters. The first-order valence-electron chi connectivity index (χ1n) is 21.2. The van der Waals surface area contributed by atoms with Gasteiger partial charge in [0.25, 0.3) is 0 Å².